The van der Waals surface area contributed by atoms with Gasteiger partial charge in [-0.25, -0.2) is 15.0 Å². The molecule has 1 aromatic carbocycles. The number of hydrogen-bond acceptors (Lipinski definition) is 8. The molecule has 4 unspecified atom stereocenters. The van der Waals surface area contributed by atoms with Crippen molar-refractivity contribution in [2.75, 3.05) is 12.3 Å². The van der Waals surface area contributed by atoms with Crippen molar-refractivity contribution in [2.24, 2.45) is 5.92 Å². The SMILES string of the molecule is CC(C)c1cn(C2OC(CN(C(C)C)C3CC(CCc4nc5ccc(C(C)(C)C)cc5[nH]4)C3)C(O)C2O)c2ncnc(N)c12. The minimum Gasteiger partial charge on any atom is -0.387 e. The lowest BCUT2D eigenvalue weighted by molar-refractivity contribution is -0.0619. The van der Waals surface area contributed by atoms with Gasteiger partial charge < -0.3 is 30.2 Å². The number of nitrogens with zero attached hydrogens (tertiary/aromatic N) is 5. The molecule has 1 saturated carbocycles. The summed E-state index contributed by atoms with van der Waals surface area (Å²) in [5.74, 6) is 2.28. The van der Waals surface area contributed by atoms with E-state index in [0.717, 1.165) is 53.5 Å². The fourth-order valence-electron chi connectivity index (χ4n) is 7.06. The molecule has 0 radical (unpaired) electrons. The molecule has 10 heteroatoms. The standard InChI is InChI=1S/C34H49N7O3/c1-18(2)23-15-41(32-28(23)31(35)36-17-37-32)33-30(43)29(42)26(44-33)16-40(19(3)4)22-12-20(13-22)8-11-27-38-24-10-9-21(34(5,6)7)14-25(24)39-27/h9-10,14-15,17-20,22,26,29-30,33,42-43H,8,11-13,16H2,1-7H3,(H,38,39)(H2,35,36,37). The number of rotatable bonds is 9. The first-order valence-electron chi connectivity index (χ1n) is 16.2. The number of H-pyrrole nitrogens is 1. The van der Waals surface area contributed by atoms with Gasteiger partial charge >= 0.3 is 0 Å². The van der Waals surface area contributed by atoms with Gasteiger partial charge in [-0.1, -0.05) is 40.7 Å². The number of aliphatic hydroxyl groups is 2. The van der Waals surface area contributed by atoms with Crippen LogP contribution in [0.4, 0.5) is 5.82 Å². The molecule has 1 aliphatic heterocycles. The highest BCUT2D eigenvalue weighted by atomic mass is 16.6. The first kappa shape index (κ1) is 31.0. The summed E-state index contributed by atoms with van der Waals surface area (Å²) in [4.78, 5) is 19.5. The summed E-state index contributed by atoms with van der Waals surface area (Å²) < 4.78 is 8.23. The largest absolute Gasteiger partial charge is 0.387 e. The van der Waals surface area contributed by atoms with E-state index < -0.39 is 24.5 Å². The highest BCUT2D eigenvalue weighted by Crippen LogP contribution is 2.40. The number of aliphatic hydroxyl groups excluding tert-OH is 2. The highest BCUT2D eigenvalue weighted by Gasteiger charge is 2.46. The monoisotopic (exact) mass is 603 g/mol. The van der Waals surface area contributed by atoms with Crippen molar-refractivity contribution in [3.63, 3.8) is 0 Å². The van der Waals surface area contributed by atoms with E-state index in [1.807, 2.05) is 10.8 Å². The van der Waals surface area contributed by atoms with Crippen molar-refractivity contribution in [3.05, 3.63) is 47.7 Å². The number of hydrogen-bond donors (Lipinski definition) is 4. The van der Waals surface area contributed by atoms with Crippen LogP contribution in [0.25, 0.3) is 22.1 Å². The molecular formula is C34H49N7O3. The van der Waals surface area contributed by atoms with Crippen molar-refractivity contribution in [2.45, 2.75) is 122 Å². The van der Waals surface area contributed by atoms with Gasteiger partial charge in [-0.3, -0.25) is 4.90 Å². The fraction of sp³-hybridized carbons (Fsp3) is 0.618. The molecule has 5 N–H and O–H groups in total. The average molecular weight is 604 g/mol. The Bertz CT molecular complexity index is 1610. The third-order valence-electron chi connectivity index (χ3n) is 9.82. The van der Waals surface area contributed by atoms with Crippen LogP contribution >= 0.6 is 0 Å². The van der Waals surface area contributed by atoms with Crippen molar-refractivity contribution >= 4 is 27.9 Å². The summed E-state index contributed by atoms with van der Waals surface area (Å²) in [5, 5.41) is 23.1. The summed E-state index contributed by atoms with van der Waals surface area (Å²) in [5.41, 5.74) is 11.4. The molecule has 2 aliphatic rings. The molecule has 0 bridgehead atoms. The van der Waals surface area contributed by atoms with E-state index in [-0.39, 0.29) is 17.4 Å². The number of imidazole rings is 1. The van der Waals surface area contributed by atoms with E-state index in [1.165, 1.54) is 11.9 Å². The van der Waals surface area contributed by atoms with Crippen molar-refractivity contribution in [1.29, 1.82) is 0 Å². The van der Waals surface area contributed by atoms with E-state index >= 15 is 0 Å². The van der Waals surface area contributed by atoms with Gasteiger partial charge in [0.1, 0.15) is 41.9 Å². The van der Waals surface area contributed by atoms with Gasteiger partial charge in [0.15, 0.2) is 6.23 Å². The molecule has 6 rings (SSSR count). The minimum absolute atomic E-state index is 0.110. The zero-order chi connectivity index (χ0) is 31.5. The van der Waals surface area contributed by atoms with Crippen LogP contribution in [0.15, 0.2) is 30.7 Å². The van der Waals surface area contributed by atoms with Crippen LogP contribution in [0, 0.1) is 5.92 Å². The number of aromatic nitrogens is 5. The van der Waals surface area contributed by atoms with Crippen LogP contribution in [0.3, 0.4) is 0 Å². The van der Waals surface area contributed by atoms with E-state index in [1.54, 1.807) is 0 Å². The molecular weight excluding hydrogens is 554 g/mol. The maximum atomic E-state index is 11.1. The molecule has 1 aliphatic carbocycles. The molecule has 0 amide bonds. The number of aryl methyl sites for hydroxylation is 1. The number of nitrogen functional groups attached to an aromatic ring is 1. The second-order valence-electron chi connectivity index (χ2n) is 14.6. The van der Waals surface area contributed by atoms with Gasteiger partial charge in [0.2, 0.25) is 0 Å². The summed E-state index contributed by atoms with van der Waals surface area (Å²) in [6, 6.07) is 7.25. The lowest BCUT2D eigenvalue weighted by Gasteiger charge is -2.46. The van der Waals surface area contributed by atoms with E-state index in [2.05, 4.69) is 86.5 Å². The number of benzene rings is 1. The first-order chi connectivity index (χ1) is 20.8. The van der Waals surface area contributed by atoms with Crippen LogP contribution in [0.2, 0.25) is 0 Å². The summed E-state index contributed by atoms with van der Waals surface area (Å²) >= 11 is 0. The molecule has 3 aromatic heterocycles. The number of anilines is 1. The van der Waals surface area contributed by atoms with Crippen LogP contribution in [-0.2, 0) is 16.6 Å². The van der Waals surface area contributed by atoms with Gasteiger partial charge in [-0.05, 0) is 73.6 Å². The Morgan fingerprint density at radius 1 is 1.11 bits per heavy atom. The number of fused-ring (bicyclic) bond motifs is 2. The average Bonchev–Trinajstić information content (AvgIpc) is 3.60. The lowest BCUT2D eigenvalue weighted by atomic mass is 9.76. The summed E-state index contributed by atoms with van der Waals surface area (Å²) in [6.07, 6.45) is 4.24. The van der Waals surface area contributed by atoms with E-state index in [9.17, 15) is 10.2 Å². The van der Waals surface area contributed by atoms with Crippen LogP contribution in [0.5, 0.6) is 0 Å². The Balaban J connectivity index is 1.08. The third-order valence-corrected chi connectivity index (χ3v) is 9.82. The second kappa shape index (κ2) is 11.7. The van der Waals surface area contributed by atoms with Crippen LogP contribution < -0.4 is 5.73 Å². The molecule has 44 heavy (non-hydrogen) atoms. The molecule has 238 valence electrons. The van der Waals surface area contributed by atoms with Gasteiger partial charge in [0.25, 0.3) is 0 Å². The highest BCUT2D eigenvalue weighted by molar-refractivity contribution is 5.90. The molecule has 1 saturated heterocycles. The minimum atomic E-state index is -1.08. The van der Waals surface area contributed by atoms with E-state index in [4.69, 9.17) is 15.5 Å². The number of ether oxygens (including phenoxy) is 1. The quantitative estimate of drug-likeness (QED) is 0.209. The third kappa shape index (κ3) is 5.73. The van der Waals surface area contributed by atoms with Crippen molar-refractivity contribution in [1.82, 2.24) is 29.4 Å². The predicted octanol–water partition coefficient (Wildman–Crippen LogP) is 5.05. The second-order valence-corrected chi connectivity index (χ2v) is 14.6. The lowest BCUT2D eigenvalue weighted by Crippen LogP contribution is -2.52. The van der Waals surface area contributed by atoms with Crippen LogP contribution in [-0.4, -0.2) is 76.6 Å². The molecule has 10 nitrogen and oxygen atoms in total. The molecule has 4 atom stereocenters. The molecule has 4 aromatic rings. The summed E-state index contributed by atoms with van der Waals surface area (Å²) in [6.45, 7) is 15.8. The maximum Gasteiger partial charge on any atom is 0.164 e. The van der Waals surface area contributed by atoms with Gasteiger partial charge in [0.05, 0.1) is 16.4 Å². The number of nitrogens with one attached hydrogen (secondary N) is 1. The van der Waals surface area contributed by atoms with E-state index in [0.29, 0.717) is 30.0 Å². The molecule has 4 heterocycles. The van der Waals surface area contributed by atoms with Crippen molar-refractivity contribution < 1.29 is 14.9 Å². The Morgan fingerprint density at radius 3 is 2.55 bits per heavy atom. The van der Waals surface area contributed by atoms with Crippen LogP contribution in [0.1, 0.15) is 96.8 Å². The van der Waals surface area contributed by atoms with Crippen molar-refractivity contribution in [3.8, 4) is 0 Å². The topological polar surface area (TPSA) is 138 Å². The number of aromatic amines is 1. The fourth-order valence-corrected chi connectivity index (χ4v) is 7.06. The Morgan fingerprint density at radius 2 is 1.86 bits per heavy atom. The smallest absolute Gasteiger partial charge is 0.164 e. The Kier molecular flexibility index (Phi) is 8.24. The molecule has 2 fully saturated rings. The summed E-state index contributed by atoms with van der Waals surface area (Å²) in [7, 11) is 0. The zero-order valence-electron chi connectivity index (χ0n) is 27.2. The zero-order valence-corrected chi connectivity index (χ0v) is 27.2. The first-order valence-corrected chi connectivity index (χ1v) is 16.2. The Labute approximate surface area is 260 Å². The normalized spacial score (nSPS) is 26.1. The predicted molar refractivity (Wildman–Crippen MR) is 173 cm³/mol. The van der Waals surface area contributed by atoms with Gasteiger partial charge in [-0.15, -0.1) is 0 Å². The maximum absolute atomic E-state index is 11.1. The number of nitrogens with two attached hydrogens (primary N) is 1. The van der Waals surface area contributed by atoms with Gasteiger partial charge in [0, 0.05) is 31.2 Å². The Hall–Kier alpha value is -3.05. The van der Waals surface area contributed by atoms with Gasteiger partial charge in [-0.2, -0.15) is 0 Å². The molecule has 0 spiro atoms.